The van der Waals surface area contributed by atoms with Gasteiger partial charge in [-0.2, -0.15) is 0 Å². The van der Waals surface area contributed by atoms with Gasteiger partial charge in [-0.3, -0.25) is 0 Å². The fourth-order valence-corrected chi connectivity index (χ4v) is 1.13. The third kappa shape index (κ3) is 3.40. The predicted octanol–water partition coefficient (Wildman–Crippen LogP) is -2.12. The highest BCUT2D eigenvalue weighted by atomic mass is 16.6. The third-order valence-corrected chi connectivity index (χ3v) is 1.69. The van der Waals surface area contributed by atoms with Gasteiger partial charge in [0.25, 0.3) is 0 Å². The van der Waals surface area contributed by atoms with Gasteiger partial charge in [0.2, 0.25) is 0 Å². The third-order valence-electron chi connectivity index (χ3n) is 1.69. The van der Waals surface area contributed by atoms with Crippen LogP contribution in [0.5, 0.6) is 11.5 Å². The van der Waals surface area contributed by atoms with Crippen molar-refractivity contribution >= 4 is 14.6 Å². The van der Waals surface area contributed by atoms with Crippen LogP contribution in [0.3, 0.4) is 0 Å². The molecule has 0 aliphatic carbocycles. The maximum Gasteiger partial charge on any atom is 0.707 e. The van der Waals surface area contributed by atoms with Crippen LogP contribution >= 0.6 is 0 Å². The van der Waals surface area contributed by atoms with Crippen molar-refractivity contribution in [2.24, 2.45) is 0 Å². The van der Waals surface area contributed by atoms with Gasteiger partial charge in [0, 0.05) is 5.56 Å². The molecule has 0 heterocycles. The number of aliphatic hydroxyl groups excluding tert-OH is 1. The first-order valence-electron chi connectivity index (χ1n) is 4.33. The highest BCUT2D eigenvalue weighted by Gasteiger charge is 2.21. The maximum atomic E-state index is 8.97. The lowest BCUT2D eigenvalue weighted by molar-refractivity contribution is 0.251. The van der Waals surface area contributed by atoms with Crippen LogP contribution in [0.4, 0.5) is 0 Å². The lowest BCUT2D eigenvalue weighted by Gasteiger charge is -2.15. The van der Waals surface area contributed by atoms with Crippen molar-refractivity contribution in [3.8, 4) is 11.5 Å². The lowest BCUT2D eigenvalue weighted by atomic mass is 10.1. The molecule has 0 amide bonds. The average molecular weight is 228 g/mol. The van der Waals surface area contributed by atoms with Gasteiger partial charge in [-0.1, -0.05) is 12.1 Å². The van der Waals surface area contributed by atoms with E-state index in [0.717, 1.165) is 0 Å². The summed E-state index contributed by atoms with van der Waals surface area (Å²) in [7, 11) is -4.18. The molecule has 1 aromatic carbocycles. The molecule has 0 saturated heterocycles. The van der Waals surface area contributed by atoms with Crippen LogP contribution in [0, 0.1) is 0 Å². The summed E-state index contributed by atoms with van der Waals surface area (Å²) in [5, 5.41) is 43.5. The van der Waals surface area contributed by atoms with Crippen LogP contribution in [-0.4, -0.2) is 39.8 Å². The molecular formula is C7H10B2O7. The number of rotatable bonds is 5. The number of hydrogen-bond donors (Lipinski definition) is 5. The molecule has 5 N–H and O–H groups in total. The lowest BCUT2D eigenvalue weighted by Crippen LogP contribution is -2.25. The molecule has 9 heteroatoms. The van der Waals surface area contributed by atoms with E-state index in [9.17, 15) is 0 Å². The van der Waals surface area contributed by atoms with Crippen LogP contribution in [-0.2, 0) is 6.61 Å². The first kappa shape index (κ1) is 12.8. The van der Waals surface area contributed by atoms with E-state index in [2.05, 4.69) is 9.31 Å². The fraction of sp³-hybridized carbons (Fsp3) is 0.143. The molecule has 0 saturated carbocycles. The molecule has 86 valence electrons. The zero-order valence-electron chi connectivity index (χ0n) is 8.15. The van der Waals surface area contributed by atoms with E-state index in [1.54, 1.807) is 0 Å². The monoisotopic (exact) mass is 228 g/mol. The van der Waals surface area contributed by atoms with Crippen molar-refractivity contribution in [1.82, 2.24) is 0 Å². The minimum absolute atomic E-state index is 0.130. The number of hydrogen-bond acceptors (Lipinski definition) is 7. The zero-order chi connectivity index (χ0) is 12.1. The van der Waals surface area contributed by atoms with E-state index in [0.29, 0.717) is 0 Å². The normalized spacial score (nSPS) is 9.81. The zero-order valence-corrected chi connectivity index (χ0v) is 8.15. The van der Waals surface area contributed by atoms with Crippen molar-refractivity contribution in [1.29, 1.82) is 0 Å². The second kappa shape index (κ2) is 5.73. The van der Waals surface area contributed by atoms with Crippen molar-refractivity contribution in [3.63, 3.8) is 0 Å². The number of benzene rings is 1. The predicted molar refractivity (Wildman–Crippen MR) is 54.0 cm³/mol. The summed E-state index contributed by atoms with van der Waals surface area (Å²) in [6.45, 7) is -0.430. The van der Waals surface area contributed by atoms with Crippen molar-refractivity contribution in [2.75, 3.05) is 0 Å². The van der Waals surface area contributed by atoms with Gasteiger partial charge >= 0.3 is 14.6 Å². The molecule has 0 aliphatic heterocycles. The molecule has 16 heavy (non-hydrogen) atoms. The second-order valence-electron chi connectivity index (χ2n) is 2.79. The van der Waals surface area contributed by atoms with Gasteiger partial charge < -0.3 is 34.5 Å². The Morgan fingerprint density at radius 1 is 1.00 bits per heavy atom. The van der Waals surface area contributed by atoms with Gasteiger partial charge in [-0.05, 0) is 6.07 Å². The fourth-order valence-electron chi connectivity index (χ4n) is 1.13. The van der Waals surface area contributed by atoms with Crippen LogP contribution in [0.2, 0.25) is 0 Å². The first-order valence-corrected chi connectivity index (χ1v) is 4.33. The summed E-state index contributed by atoms with van der Waals surface area (Å²) in [5.74, 6) is -0.303. The van der Waals surface area contributed by atoms with E-state index in [-0.39, 0.29) is 17.1 Å². The standard InChI is InChI=1S/C7H10B2O7/c10-4-5-2-1-3-6(15-8(11)12)7(5)16-9(13)14/h1-3,10-14H,4H2. The summed E-state index contributed by atoms with van der Waals surface area (Å²) < 4.78 is 9.11. The molecule has 7 nitrogen and oxygen atoms in total. The molecule has 0 radical (unpaired) electrons. The number of aliphatic hydroxyl groups is 1. The smallest absolute Gasteiger partial charge is 0.509 e. The number of para-hydroxylation sites is 1. The summed E-state index contributed by atoms with van der Waals surface area (Å²) in [6.07, 6.45) is 0. The SMILES string of the molecule is OCc1cccc(OB(O)O)c1OB(O)O. The van der Waals surface area contributed by atoms with Crippen LogP contribution in [0.1, 0.15) is 5.56 Å². The molecule has 0 fully saturated rings. The Labute approximate surface area is 91.8 Å². The molecular weight excluding hydrogens is 218 g/mol. The molecule has 0 bridgehead atoms. The van der Waals surface area contributed by atoms with Crippen molar-refractivity contribution in [2.45, 2.75) is 6.61 Å². The Kier molecular flexibility index (Phi) is 4.59. The molecule has 0 aliphatic rings. The maximum absolute atomic E-state index is 8.97. The van der Waals surface area contributed by atoms with E-state index in [1.807, 2.05) is 0 Å². The van der Waals surface area contributed by atoms with E-state index in [1.165, 1.54) is 18.2 Å². The Morgan fingerprint density at radius 2 is 1.62 bits per heavy atom. The van der Waals surface area contributed by atoms with E-state index < -0.39 is 21.2 Å². The second-order valence-corrected chi connectivity index (χ2v) is 2.79. The first-order chi connectivity index (χ1) is 7.54. The molecule has 0 unspecified atom stereocenters. The van der Waals surface area contributed by atoms with Gasteiger partial charge in [-0.25, -0.2) is 0 Å². The van der Waals surface area contributed by atoms with Crippen molar-refractivity contribution < 1.29 is 34.5 Å². The Morgan fingerprint density at radius 3 is 2.12 bits per heavy atom. The summed E-state index contributed by atoms with van der Waals surface area (Å²) >= 11 is 0. The Hall–Kier alpha value is -1.25. The van der Waals surface area contributed by atoms with E-state index >= 15 is 0 Å². The summed E-state index contributed by atoms with van der Waals surface area (Å²) in [4.78, 5) is 0. The van der Waals surface area contributed by atoms with E-state index in [4.69, 9.17) is 25.2 Å². The Bertz CT molecular complexity index is 344. The molecule has 1 rings (SSSR count). The van der Waals surface area contributed by atoms with Gasteiger partial charge in [0.1, 0.15) is 11.5 Å². The highest BCUT2D eigenvalue weighted by molar-refractivity contribution is 6.35. The van der Waals surface area contributed by atoms with Crippen molar-refractivity contribution in [3.05, 3.63) is 23.8 Å². The average Bonchev–Trinajstić information content (AvgIpc) is 2.19. The minimum Gasteiger partial charge on any atom is -0.509 e. The summed E-state index contributed by atoms with van der Waals surface area (Å²) in [6, 6.07) is 4.24. The van der Waals surface area contributed by atoms with Gasteiger partial charge in [0.15, 0.2) is 0 Å². The van der Waals surface area contributed by atoms with Gasteiger partial charge in [-0.15, -0.1) is 0 Å². The van der Waals surface area contributed by atoms with Crippen LogP contribution in [0.25, 0.3) is 0 Å². The van der Waals surface area contributed by atoms with Crippen LogP contribution < -0.4 is 9.31 Å². The Balaban J connectivity index is 3.04. The minimum atomic E-state index is -2.11. The summed E-state index contributed by atoms with van der Waals surface area (Å²) in [5.41, 5.74) is 0.214. The molecule has 1 aromatic rings. The highest BCUT2D eigenvalue weighted by Crippen LogP contribution is 2.31. The quantitative estimate of drug-likeness (QED) is 0.365. The topological polar surface area (TPSA) is 120 Å². The molecule has 0 atom stereocenters. The van der Waals surface area contributed by atoms with Gasteiger partial charge in [0.05, 0.1) is 6.61 Å². The molecule has 0 spiro atoms. The molecule has 0 aromatic heterocycles. The largest absolute Gasteiger partial charge is 0.707 e. The van der Waals surface area contributed by atoms with Crippen LogP contribution in [0.15, 0.2) is 18.2 Å².